The zero-order valence-electron chi connectivity index (χ0n) is 85.5. The molecule has 20 aromatic rings. The SMILES string of the molecule is CC.CC.CC.CC.CC.CC.CC.CCC.CCC.CCC.CCc1ccc2oc3cc4oc5ccc(C)cc5c4cc3c2c1.CCc1ccc2oc3cc4oc5ccc(CC)cc5c4cc3c2c1.[CH3-].[CH3-].[CH3-].[CH3-].[CH3-].[CH3-].[Y].[Y].[Y].[Y].[Y].[Y].[Y].[Y].[Y].[Y].[Y].[Y].[Y].[Y].[Y].[Y].c1ccc2c(c1)oc1c2ccc2c3ccccc3oc21.c1ccc2c(c1)oc1c2ccc2c3ccccc3oc21. The minimum absolute atomic E-state index is 0. The van der Waals surface area contributed by atoms with Gasteiger partial charge in [0.15, 0.2) is 22.3 Å². The average Bonchev–Trinajstić information content (AvgIpc) is 1.60. The molecule has 8 nitrogen and oxygen atoms in total. The topological polar surface area (TPSA) is 105 Å². The predicted octanol–water partition coefficient (Wildman–Crippen LogP) is 38.0. The number of fused-ring (bicyclic) bond motifs is 26. The second kappa shape index (κ2) is 94.9. The van der Waals surface area contributed by atoms with Crippen LogP contribution in [-0.4, -0.2) is 0 Å². The molecular weight excluding hydrogens is 2850 g/mol. The third kappa shape index (κ3) is 44.2. The quantitative estimate of drug-likeness (QED) is 0.161. The third-order valence-corrected chi connectivity index (χ3v) is 17.5. The van der Waals surface area contributed by atoms with E-state index in [0.29, 0.717) is 0 Å². The molecule has 0 unspecified atom stereocenters. The fourth-order valence-electron chi connectivity index (χ4n) is 12.9. The van der Waals surface area contributed by atoms with Crippen molar-refractivity contribution < 1.29 is 559 Å². The van der Waals surface area contributed by atoms with E-state index in [4.69, 9.17) is 35.3 Å². The Kier molecular flexibility index (Phi) is 126. The largest absolute Gasteiger partial charge is 0.456 e. The van der Waals surface area contributed by atoms with Gasteiger partial charge in [0.25, 0.3) is 0 Å². The summed E-state index contributed by atoms with van der Waals surface area (Å²) >= 11 is 0. The van der Waals surface area contributed by atoms with Crippen LogP contribution in [0, 0.1) is 51.5 Å². The first-order valence-corrected chi connectivity index (χ1v) is 41.1. The molecule has 672 valence electrons. The third-order valence-electron chi connectivity index (χ3n) is 17.5. The van der Waals surface area contributed by atoms with Gasteiger partial charge in [-0.05, 0) is 152 Å². The van der Waals surface area contributed by atoms with Gasteiger partial charge in [-0.25, -0.2) is 0 Å². The Morgan fingerprint density at radius 3 is 0.523 bits per heavy atom. The van der Waals surface area contributed by atoms with Crippen molar-refractivity contribution in [2.75, 3.05) is 0 Å². The molecular formula is C108H138O8Y16-6. The molecule has 0 bridgehead atoms. The summed E-state index contributed by atoms with van der Waals surface area (Å²) in [5.41, 5.74) is 19.4. The standard InChI is InChI=1S/C22H18O2.C21H16O2.2C18H10O2.3C3H8.7C2H6.6CH3.16Y/c1-3-13-5-7-19-15(9-13)17-11-18-16-10-14(4-2)6-8-20(16)24-22(18)12-21(17)23-19;1-3-13-5-7-19-15(9-13)17-10-16-14-8-12(2)4-6-18(14)22-20(16)11-21(17)23-19;2*1-3-7-15-11(5-1)13-9-10-14-12-6-2-4-8-16(12)20-18(14)17(13)19-15;3*1-3-2;7*1-2;;;;;;;;;;;;;;;;;;;;;;/h5-12H,3-4H2,1-2H3;4-11H,3H2,1-2H3;2*1-10H;3*3H2,1-2H3;7*1-2H3;6*1H3;;;;;;;;;;;;;;;;/q;;;;;;;;;;;;;;6*-1;;;;;;;;;;;;;;;;. The number of benzene rings is 12. The Labute approximate surface area is 1200 Å². The maximum Gasteiger partial charge on any atom is 0.178 e. The molecule has 8 heterocycles. The van der Waals surface area contributed by atoms with Crippen molar-refractivity contribution in [3.63, 3.8) is 0 Å². The number of rotatable bonds is 3. The monoisotopic (exact) mass is 2990 g/mol. The minimum Gasteiger partial charge on any atom is -0.456 e. The molecule has 16 radical (unpaired) electrons. The van der Waals surface area contributed by atoms with Crippen molar-refractivity contribution in [2.45, 2.75) is 205 Å². The molecule has 0 fully saturated rings. The van der Waals surface area contributed by atoms with Crippen molar-refractivity contribution in [3.05, 3.63) is 285 Å². The van der Waals surface area contributed by atoms with Gasteiger partial charge in [0.05, 0.1) is 0 Å². The fraction of sp³-hybridized carbons (Fsp3) is 0.278. The average molecular weight is 2990 g/mol. The van der Waals surface area contributed by atoms with Crippen LogP contribution in [0.2, 0.25) is 0 Å². The zero-order chi connectivity index (χ0) is 80.1. The summed E-state index contributed by atoms with van der Waals surface area (Å²) in [6.45, 7) is 49.4. The molecule has 12 aromatic carbocycles. The number of aryl methyl sites for hydroxylation is 4. The van der Waals surface area contributed by atoms with Crippen LogP contribution >= 0.6 is 0 Å². The van der Waals surface area contributed by atoms with Crippen LogP contribution in [0.1, 0.15) is 201 Å². The van der Waals surface area contributed by atoms with E-state index in [1.807, 2.05) is 188 Å². The van der Waals surface area contributed by atoms with E-state index in [1.54, 1.807) is 0 Å². The Morgan fingerprint density at radius 1 is 0.159 bits per heavy atom. The summed E-state index contributed by atoms with van der Waals surface area (Å²) in [6, 6.07) is 74.9. The van der Waals surface area contributed by atoms with E-state index in [2.05, 4.69) is 197 Å². The van der Waals surface area contributed by atoms with Crippen LogP contribution in [0.5, 0.6) is 0 Å². The second-order valence-electron chi connectivity index (χ2n) is 24.8. The second-order valence-corrected chi connectivity index (χ2v) is 24.8. The fourth-order valence-corrected chi connectivity index (χ4v) is 12.9. The van der Waals surface area contributed by atoms with Gasteiger partial charge >= 0.3 is 0 Å². The molecule has 0 aliphatic heterocycles. The Hall–Kier alpha value is 6.70. The summed E-state index contributed by atoms with van der Waals surface area (Å²) in [4.78, 5) is 0. The number of para-hydroxylation sites is 4. The molecule has 0 aliphatic rings. The molecule has 0 atom stereocenters. The first-order chi connectivity index (χ1) is 54.1. The number of furan rings is 8. The Morgan fingerprint density at radius 2 is 0.326 bits per heavy atom. The Bertz CT molecular complexity index is 5790. The molecule has 0 amide bonds. The maximum atomic E-state index is 6.04. The number of hydrogen-bond acceptors (Lipinski definition) is 8. The van der Waals surface area contributed by atoms with Gasteiger partial charge in [-0.2, -0.15) is 0 Å². The van der Waals surface area contributed by atoms with E-state index in [9.17, 15) is 0 Å². The zero-order valence-corrected chi connectivity index (χ0v) is 131. The molecule has 0 saturated heterocycles. The number of hydrogen-bond donors (Lipinski definition) is 0. The Balaban J connectivity index is -0.0000000858. The molecule has 8 aromatic heterocycles. The normalized spacial score (nSPS) is 8.67. The summed E-state index contributed by atoms with van der Waals surface area (Å²) in [5, 5.41) is 18.3. The van der Waals surface area contributed by atoms with Crippen molar-refractivity contribution in [1.29, 1.82) is 0 Å². The van der Waals surface area contributed by atoms with Crippen molar-refractivity contribution in [2.24, 2.45) is 0 Å². The van der Waals surface area contributed by atoms with Gasteiger partial charge in [-0.3, -0.25) is 0 Å². The summed E-state index contributed by atoms with van der Waals surface area (Å²) < 4.78 is 48.1. The summed E-state index contributed by atoms with van der Waals surface area (Å²) in [7, 11) is 0. The van der Waals surface area contributed by atoms with Gasteiger partial charge in [0.1, 0.15) is 67.0 Å². The summed E-state index contributed by atoms with van der Waals surface area (Å²) in [6.07, 6.45) is 6.83. The van der Waals surface area contributed by atoms with Gasteiger partial charge in [0.2, 0.25) is 0 Å². The van der Waals surface area contributed by atoms with Gasteiger partial charge < -0.3 is 79.9 Å². The van der Waals surface area contributed by atoms with Crippen LogP contribution in [0.3, 0.4) is 0 Å². The molecule has 132 heavy (non-hydrogen) atoms. The summed E-state index contributed by atoms with van der Waals surface area (Å²) in [5.74, 6) is 0. The van der Waals surface area contributed by atoms with Crippen LogP contribution < -0.4 is 0 Å². The first-order valence-electron chi connectivity index (χ1n) is 41.1. The van der Waals surface area contributed by atoms with Crippen molar-refractivity contribution in [1.82, 2.24) is 0 Å². The van der Waals surface area contributed by atoms with E-state index in [1.165, 1.54) is 63.1 Å². The molecule has 0 N–H and O–H groups in total. The predicted molar refractivity (Wildman–Crippen MR) is 523 cm³/mol. The van der Waals surface area contributed by atoms with Gasteiger partial charge in [-0.15, -0.1) is 0 Å². The molecule has 0 saturated carbocycles. The van der Waals surface area contributed by atoms with Crippen LogP contribution in [0.4, 0.5) is 0 Å². The van der Waals surface area contributed by atoms with E-state index < -0.39 is 0 Å². The molecule has 20 rings (SSSR count). The maximum absolute atomic E-state index is 6.04. The van der Waals surface area contributed by atoms with Crippen molar-refractivity contribution in [3.8, 4) is 0 Å². The van der Waals surface area contributed by atoms with Gasteiger partial charge in [0, 0.05) is 622 Å². The van der Waals surface area contributed by atoms with Crippen LogP contribution in [-0.2, 0) is 543 Å². The molecule has 0 spiro atoms. The minimum atomic E-state index is 0. The molecule has 0 aliphatic carbocycles. The van der Waals surface area contributed by atoms with E-state index in [-0.39, 0.29) is 568 Å². The smallest absolute Gasteiger partial charge is 0.178 e. The van der Waals surface area contributed by atoms with Gasteiger partial charge in [-0.1, -0.05) is 281 Å². The van der Waals surface area contributed by atoms with Crippen LogP contribution in [0.15, 0.2) is 254 Å². The van der Waals surface area contributed by atoms with E-state index >= 15 is 0 Å². The van der Waals surface area contributed by atoms with Crippen molar-refractivity contribution >= 4 is 176 Å². The first kappa shape index (κ1) is 175. The molecule has 24 heteroatoms. The van der Waals surface area contributed by atoms with Crippen LogP contribution in [0.25, 0.3) is 176 Å². The van der Waals surface area contributed by atoms with E-state index in [0.717, 1.165) is 173 Å².